The molecular formula is C15H27NO2. The third-order valence-electron chi connectivity index (χ3n) is 3.93. The Balaban J connectivity index is 2.09. The zero-order valence-electron chi connectivity index (χ0n) is 12.4. The van der Waals surface area contributed by atoms with Gasteiger partial charge in [0, 0.05) is 12.6 Å². The molecule has 1 atom stereocenters. The standard InChI is InChI=1S/C15H27NO2/c1-11(8-12-10-17-7-6-16-12)13-9-14(2,3)18-15(13,4)5/h12,16H,6-10H2,1-5H3. The molecule has 0 aromatic heterocycles. The van der Waals surface area contributed by atoms with Crippen molar-refractivity contribution in [1.29, 1.82) is 0 Å². The Kier molecular flexibility index (Phi) is 3.86. The quantitative estimate of drug-likeness (QED) is 0.768. The molecule has 2 aliphatic rings. The van der Waals surface area contributed by atoms with Gasteiger partial charge >= 0.3 is 0 Å². The number of ether oxygens (including phenoxy) is 2. The number of morpholine rings is 1. The van der Waals surface area contributed by atoms with E-state index in [0.717, 1.165) is 32.6 Å². The summed E-state index contributed by atoms with van der Waals surface area (Å²) in [7, 11) is 0. The molecule has 2 aliphatic heterocycles. The Hall–Kier alpha value is -0.380. The summed E-state index contributed by atoms with van der Waals surface area (Å²) in [5, 5.41) is 3.52. The van der Waals surface area contributed by atoms with E-state index < -0.39 is 0 Å². The molecule has 0 amide bonds. The maximum atomic E-state index is 6.15. The first-order chi connectivity index (χ1) is 8.30. The Morgan fingerprint density at radius 3 is 2.56 bits per heavy atom. The average molecular weight is 253 g/mol. The molecule has 1 unspecified atom stereocenters. The van der Waals surface area contributed by atoms with Crippen LogP contribution in [0.4, 0.5) is 0 Å². The molecule has 3 heteroatoms. The van der Waals surface area contributed by atoms with Crippen LogP contribution in [-0.4, -0.2) is 37.0 Å². The van der Waals surface area contributed by atoms with Crippen LogP contribution < -0.4 is 5.32 Å². The predicted octanol–water partition coefficient (Wildman–Crippen LogP) is 2.66. The third kappa shape index (κ3) is 3.14. The lowest BCUT2D eigenvalue weighted by atomic mass is 9.88. The molecule has 2 fully saturated rings. The summed E-state index contributed by atoms with van der Waals surface area (Å²) < 4.78 is 11.7. The first kappa shape index (κ1) is 14.0. The van der Waals surface area contributed by atoms with Crippen LogP contribution in [0.2, 0.25) is 0 Å². The van der Waals surface area contributed by atoms with Crippen molar-refractivity contribution in [3.63, 3.8) is 0 Å². The Bertz CT molecular complexity index is 338. The van der Waals surface area contributed by atoms with E-state index in [1.807, 2.05) is 0 Å². The van der Waals surface area contributed by atoms with Crippen molar-refractivity contribution in [3.05, 3.63) is 11.1 Å². The Morgan fingerprint density at radius 2 is 2.06 bits per heavy atom. The van der Waals surface area contributed by atoms with Crippen molar-refractivity contribution in [3.8, 4) is 0 Å². The molecule has 2 heterocycles. The van der Waals surface area contributed by atoms with Gasteiger partial charge in [-0.15, -0.1) is 0 Å². The van der Waals surface area contributed by atoms with Gasteiger partial charge in [0.2, 0.25) is 0 Å². The predicted molar refractivity (Wildman–Crippen MR) is 73.8 cm³/mol. The highest BCUT2D eigenvalue weighted by atomic mass is 16.5. The Morgan fingerprint density at radius 1 is 1.33 bits per heavy atom. The molecule has 0 saturated carbocycles. The summed E-state index contributed by atoms with van der Waals surface area (Å²) in [4.78, 5) is 0. The summed E-state index contributed by atoms with van der Waals surface area (Å²) in [5.41, 5.74) is 2.79. The number of hydrogen-bond acceptors (Lipinski definition) is 3. The maximum absolute atomic E-state index is 6.15. The van der Waals surface area contributed by atoms with Crippen LogP contribution in [0, 0.1) is 0 Å². The SMILES string of the molecule is CC(CC1COCCN1)=C1CC(C)(C)OC1(C)C. The molecule has 0 spiro atoms. The Labute approximate surface area is 111 Å². The van der Waals surface area contributed by atoms with Crippen LogP contribution in [0.15, 0.2) is 11.1 Å². The van der Waals surface area contributed by atoms with Gasteiger partial charge in [-0.25, -0.2) is 0 Å². The molecule has 1 N–H and O–H groups in total. The zero-order valence-corrected chi connectivity index (χ0v) is 12.4. The lowest BCUT2D eigenvalue weighted by Crippen LogP contribution is -2.41. The van der Waals surface area contributed by atoms with Crippen LogP contribution in [0.1, 0.15) is 47.5 Å². The largest absolute Gasteiger partial charge is 0.379 e. The van der Waals surface area contributed by atoms with Crippen LogP contribution in [0.25, 0.3) is 0 Å². The highest BCUT2D eigenvalue weighted by Crippen LogP contribution is 2.43. The van der Waals surface area contributed by atoms with Crippen molar-refractivity contribution in [2.45, 2.75) is 64.7 Å². The zero-order chi connectivity index (χ0) is 13.4. The average Bonchev–Trinajstić information content (AvgIpc) is 2.48. The van der Waals surface area contributed by atoms with E-state index in [4.69, 9.17) is 9.47 Å². The second-order valence-electron chi connectivity index (χ2n) is 6.74. The van der Waals surface area contributed by atoms with E-state index in [2.05, 4.69) is 39.9 Å². The molecule has 0 aromatic carbocycles. The van der Waals surface area contributed by atoms with Crippen molar-refractivity contribution in [1.82, 2.24) is 5.32 Å². The summed E-state index contributed by atoms with van der Waals surface area (Å²) >= 11 is 0. The summed E-state index contributed by atoms with van der Waals surface area (Å²) in [6, 6.07) is 0.464. The van der Waals surface area contributed by atoms with Crippen LogP contribution in [0.3, 0.4) is 0 Å². The van der Waals surface area contributed by atoms with Crippen molar-refractivity contribution in [2.75, 3.05) is 19.8 Å². The molecule has 0 aliphatic carbocycles. The molecule has 2 rings (SSSR count). The fraction of sp³-hybridized carbons (Fsp3) is 0.867. The van der Waals surface area contributed by atoms with Gasteiger partial charge in [0.25, 0.3) is 0 Å². The van der Waals surface area contributed by atoms with Crippen LogP contribution >= 0.6 is 0 Å². The second-order valence-corrected chi connectivity index (χ2v) is 6.74. The third-order valence-corrected chi connectivity index (χ3v) is 3.93. The van der Waals surface area contributed by atoms with Gasteiger partial charge in [-0.3, -0.25) is 0 Å². The van der Waals surface area contributed by atoms with Gasteiger partial charge in [-0.05, 0) is 53.0 Å². The highest BCUT2D eigenvalue weighted by Gasteiger charge is 2.42. The normalized spacial score (nSPS) is 33.5. The van der Waals surface area contributed by atoms with Gasteiger partial charge in [-0.1, -0.05) is 5.57 Å². The van der Waals surface area contributed by atoms with Gasteiger partial charge in [0.15, 0.2) is 0 Å². The first-order valence-electron chi connectivity index (χ1n) is 7.00. The van der Waals surface area contributed by atoms with Gasteiger partial charge in [-0.2, -0.15) is 0 Å². The summed E-state index contributed by atoms with van der Waals surface area (Å²) in [6.45, 7) is 13.6. The molecule has 3 nitrogen and oxygen atoms in total. The summed E-state index contributed by atoms with van der Waals surface area (Å²) in [5.74, 6) is 0. The molecular weight excluding hydrogens is 226 g/mol. The molecule has 0 radical (unpaired) electrons. The van der Waals surface area contributed by atoms with E-state index >= 15 is 0 Å². The minimum absolute atomic E-state index is 0.0312. The topological polar surface area (TPSA) is 30.5 Å². The number of nitrogens with one attached hydrogen (secondary N) is 1. The maximum Gasteiger partial charge on any atom is 0.0846 e. The monoisotopic (exact) mass is 253 g/mol. The van der Waals surface area contributed by atoms with Crippen molar-refractivity contribution >= 4 is 0 Å². The number of rotatable bonds is 2. The van der Waals surface area contributed by atoms with Crippen LogP contribution in [-0.2, 0) is 9.47 Å². The number of hydrogen-bond donors (Lipinski definition) is 1. The van der Waals surface area contributed by atoms with Gasteiger partial charge in [0.05, 0.1) is 24.4 Å². The first-order valence-corrected chi connectivity index (χ1v) is 7.00. The van der Waals surface area contributed by atoms with E-state index in [1.54, 1.807) is 0 Å². The van der Waals surface area contributed by atoms with Crippen molar-refractivity contribution in [2.24, 2.45) is 0 Å². The lowest BCUT2D eigenvalue weighted by Gasteiger charge is -2.27. The van der Waals surface area contributed by atoms with E-state index in [1.165, 1.54) is 11.1 Å². The molecule has 0 aromatic rings. The van der Waals surface area contributed by atoms with E-state index in [0.29, 0.717) is 6.04 Å². The molecule has 2 saturated heterocycles. The minimum atomic E-state index is -0.122. The smallest absolute Gasteiger partial charge is 0.0846 e. The fourth-order valence-electron chi connectivity index (χ4n) is 3.34. The van der Waals surface area contributed by atoms with Crippen molar-refractivity contribution < 1.29 is 9.47 Å². The molecule has 104 valence electrons. The molecule has 18 heavy (non-hydrogen) atoms. The fourth-order valence-corrected chi connectivity index (χ4v) is 3.34. The van der Waals surface area contributed by atoms with Gasteiger partial charge < -0.3 is 14.8 Å². The van der Waals surface area contributed by atoms with Gasteiger partial charge in [0.1, 0.15) is 0 Å². The summed E-state index contributed by atoms with van der Waals surface area (Å²) in [6.07, 6.45) is 2.11. The minimum Gasteiger partial charge on any atom is -0.379 e. The second kappa shape index (κ2) is 4.95. The molecule has 0 bridgehead atoms. The highest BCUT2D eigenvalue weighted by molar-refractivity contribution is 5.28. The van der Waals surface area contributed by atoms with E-state index in [-0.39, 0.29) is 11.2 Å². The van der Waals surface area contributed by atoms with Crippen LogP contribution in [0.5, 0.6) is 0 Å². The van der Waals surface area contributed by atoms with E-state index in [9.17, 15) is 0 Å². The lowest BCUT2D eigenvalue weighted by molar-refractivity contribution is -0.0569.